The highest BCUT2D eigenvalue weighted by molar-refractivity contribution is 5.90. The molecule has 2 atom stereocenters. The largest absolute Gasteiger partial charge is 0.368 e. The van der Waals surface area contributed by atoms with Crippen molar-refractivity contribution >= 4 is 35.1 Å². The molecule has 0 fully saturated rings. The molecular formula is C17H25ClN4O2. The number of aromatic amines is 1. The Labute approximate surface area is 147 Å². The van der Waals surface area contributed by atoms with Crippen LogP contribution in [-0.2, 0) is 16.0 Å². The van der Waals surface area contributed by atoms with Crippen LogP contribution in [0.3, 0.4) is 0 Å². The first-order valence-corrected chi connectivity index (χ1v) is 7.78. The Bertz CT molecular complexity index is 699. The van der Waals surface area contributed by atoms with E-state index in [-0.39, 0.29) is 24.2 Å². The smallest absolute Gasteiger partial charge is 0.240 e. The summed E-state index contributed by atoms with van der Waals surface area (Å²) in [6.07, 6.45) is 2.75. The molecule has 6 N–H and O–H groups in total. The second-order valence-electron chi connectivity index (χ2n) is 6.26. The zero-order valence-electron chi connectivity index (χ0n) is 13.9. The van der Waals surface area contributed by atoms with Crippen LogP contribution >= 0.6 is 12.4 Å². The van der Waals surface area contributed by atoms with Crippen LogP contribution < -0.4 is 16.8 Å². The molecule has 1 aromatic carbocycles. The first-order valence-electron chi connectivity index (χ1n) is 7.78. The number of hydrogen-bond donors (Lipinski definition) is 4. The fourth-order valence-corrected chi connectivity index (χ4v) is 2.63. The molecule has 0 aliphatic carbocycles. The van der Waals surface area contributed by atoms with Crippen molar-refractivity contribution < 1.29 is 9.59 Å². The van der Waals surface area contributed by atoms with Gasteiger partial charge in [0.2, 0.25) is 11.8 Å². The minimum absolute atomic E-state index is 0. The van der Waals surface area contributed by atoms with E-state index >= 15 is 0 Å². The molecule has 7 heteroatoms. The number of carbonyl (C=O) groups is 2. The van der Waals surface area contributed by atoms with Gasteiger partial charge < -0.3 is 21.8 Å². The second kappa shape index (κ2) is 8.70. The Hall–Kier alpha value is -2.05. The molecule has 1 aromatic heterocycles. The number of H-pyrrole nitrogens is 1. The summed E-state index contributed by atoms with van der Waals surface area (Å²) in [6, 6.07) is 6.42. The summed E-state index contributed by atoms with van der Waals surface area (Å²) >= 11 is 0. The van der Waals surface area contributed by atoms with Crippen LogP contribution in [0, 0.1) is 5.92 Å². The summed E-state index contributed by atoms with van der Waals surface area (Å²) in [5.74, 6) is -0.649. The van der Waals surface area contributed by atoms with Gasteiger partial charge in [-0.1, -0.05) is 32.0 Å². The lowest BCUT2D eigenvalue weighted by atomic mass is 10.0. The Morgan fingerprint density at radius 3 is 2.54 bits per heavy atom. The number of rotatable bonds is 7. The molecule has 132 valence electrons. The number of para-hydroxylation sites is 1. The maximum Gasteiger partial charge on any atom is 0.240 e. The molecule has 2 rings (SSSR count). The zero-order valence-corrected chi connectivity index (χ0v) is 14.7. The molecule has 0 saturated carbocycles. The van der Waals surface area contributed by atoms with E-state index in [2.05, 4.69) is 10.3 Å². The van der Waals surface area contributed by atoms with Gasteiger partial charge in [-0.2, -0.15) is 0 Å². The number of fused-ring (bicyclic) bond motifs is 1. The Morgan fingerprint density at radius 1 is 1.25 bits per heavy atom. The van der Waals surface area contributed by atoms with Crippen molar-refractivity contribution in [1.29, 1.82) is 0 Å². The lowest BCUT2D eigenvalue weighted by Crippen LogP contribution is -2.51. The van der Waals surface area contributed by atoms with Crippen LogP contribution in [0.5, 0.6) is 0 Å². The lowest BCUT2D eigenvalue weighted by Gasteiger charge is -2.20. The first-order chi connectivity index (χ1) is 10.9. The van der Waals surface area contributed by atoms with Gasteiger partial charge in [-0.3, -0.25) is 9.59 Å². The third kappa shape index (κ3) is 4.97. The van der Waals surface area contributed by atoms with Gasteiger partial charge >= 0.3 is 0 Å². The number of primary amides is 1. The van der Waals surface area contributed by atoms with E-state index in [4.69, 9.17) is 11.5 Å². The van der Waals surface area contributed by atoms with Gasteiger partial charge in [0.05, 0.1) is 6.04 Å². The fraction of sp³-hybridized carbons (Fsp3) is 0.412. The maximum atomic E-state index is 12.2. The average Bonchev–Trinajstić information content (AvgIpc) is 2.89. The van der Waals surface area contributed by atoms with E-state index in [1.807, 2.05) is 44.3 Å². The Kier molecular flexibility index (Phi) is 7.25. The fourth-order valence-electron chi connectivity index (χ4n) is 2.63. The van der Waals surface area contributed by atoms with Crippen molar-refractivity contribution in [3.8, 4) is 0 Å². The molecule has 1 heterocycles. The van der Waals surface area contributed by atoms with Crippen LogP contribution in [-0.4, -0.2) is 28.9 Å². The molecule has 2 aromatic rings. The highest BCUT2D eigenvalue weighted by Gasteiger charge is 2.23. The van der Waals surface area contributed by atoms with Crippen molar-refractivity contribution in [2.24, 2.45) is 17.4 Å². The summed E-state index contributed by atoms with van der Waals surface area (Å²) in [7, 11) is 0. The molecule has 0 spiro atoms. The molecule has 0 bridgehead atoms. The van der Waals surface area contributed by atoms with Crippen molar-refractivity contribution in [1.82, 2.24) is 10.3 Å². The quantitative estimate of drug-likeness (QED) is 0.605. The van der Waals surface area contributed by atoms with E-state index in [0.717, 1.165) is 16.5 Å². The van der Waals surface area contributed by atoms with Gasteiger partial charge in [0.25, 0.3) is 0 Å². The Morgan fingerprint density at radius 2 is 1.92 bits per heavy atom. The molecule has 0 radical (unpaired) electrons. The molecule has 2 amide bonds. The van der Waals surface area contributed by atoms with Gasteiger partial charge in [-0.15, -0.1) is 12.4 Å². The maximum absolute atomic E-state index is 12.2. The summed E-state index contributed by atoms with van der Waals surface area (Å²) in [5, 5.41) is 3.71. The number of carbonyl (C=O) groups excluding carboxylic acids is 2. The van der Waals surface area contributed by atoms with Gasteiger partial charge in [0.15, 0.2) is 0 Å². The molecule has 0 aliphatic heterocycles. The topological polar surface area (TPSA) is 114 Å². The number of nitrogens with one attached hydrogen (secondary N) is 2. The van der Waals surface area contributed by atoms with Crippen molar-refractivity contribution in [2.45, 2.75) is 38.8 Å². The number of benzene rings is 1. The summed E-state index contributed by atoms with van der Waals surface area (Å²) in [5.41, 5.74) is 13.3. The normalized spacial score (nSPS) is 13.3. The van der Waals surface area contributed by atoms with E-state index in [1.165, 1.54) is 0 Å². The SMILES string of the molecule is CC(C)C[C@H](NC(=O)[C@H](N)Cc1c[nH]c2ccccc12)C(N)=O.Cl. The monoisotopic (exact) mass is 352 g/mol. The number of aromatic nitrogens is 1. The minimum atomic E-state index is -0.733. The van der Waals surface area contributed by atoms with Gasteiger partial charge in [-0.05, 0) is 30.4 Å². The molecule has 0 unspecified atom stereocenters. The molecule has 0 saturated heterocycles. The predicted molar refractivity (Wildman–Crippen MR) is 97.8 cm³/mol. The first kappa shape index (κ1) is 20.0. The second-order valence-corrected chi connectivity index (χ2v) is 6.26. The summed E-state index contributed by atoms with van der Waals surface area (Å²) < 4.78 is 0. The van der Waals surface area contributed by atoms with Crippen molar-refractivity contribution in [3.05, 3.63) is 36.0 Å². The molecular weight excluding hydrogens is 328 g/mol. The number of halogens is 1. The molecule has 6 nitrogen and oxygen atoms in total. The van der Waals surface area contributed by atoms with E-state index in [1.54, 1.807) is 0 Å². The highest BCUT2D eigenvalue weighted by Crippen LogP contribution is 2.18. The highest BCUT2D eigenvalue weighted by atomic mass is 35.5. The van der Waals surface area contributed by atoms with Crippen LogP contribution in [0.1, 0.15) is 25.8 Å². The number of nitrogens with two attached hydrogens (primary N) is 2. The number of amides is 2. The van der Waals surface area contributed by atoms with Crippen molar-refractivity contribution in [3.63, 3.8) is 0 Å². The predicted octanol–water partition coefficient (Wildman–Crippen LogP) is 1.48. The average molecular weight is 353 g/mol. The summed E-state index contributed by atoms with van der Waals surface area (Å²) in [4.78, 5) is 26.9. The third-order valence-electron chi connectivity index (χ3n) is 3.82. The third-order valence-corrected chi connectivity index (χ3v) is 3.82. The van der Waals surface area contributed by atoms with Crippen molar-refractivity contribution in [2.75, 3.05) is 0 Å². The molecule has 0 aliphatic rings. The zero-order chi connectivity index (χ0) is 17.0. The van der Waals surface area contributed by atoms with Gasteiger partial charge in [-0.25, -0.2) is 0 Å². The van der Waals surface area contributed by atoms with E-state index < -0.39 is 18.0 Å². The van der Waals surface area contributed by atoms with Crippen LogP contribution in [0.2, 0.25) is 0 Å². The van der Waals surface area contributed by atoms with Gasteiger partial charge in [0.1, 0.15) is 6.04 Å². The lowest BCUT2D eigenvalue weighted by molar-refractivity contribution is -0.128. The van der Waals surface area contributed by atoms with Crippen LogP contribution in [0.4, 0.5) is 0 Å². The van der Waals surface area contributed by atoms with E-state index in [9.17, 15) is 9.59 Å². The minimum Gasteiger partial charge on any atom is -0.368 e. The van der Waals surface area contributed by atoms with Crippen LogP contribution in [0.15, 0.2) is 30.5 Å². The summed E-state index contributed by atoms with van der Waals surface area (Å²) in [6.45, 7) is 3.93. The Balaban J connectivity index is 0.00000288. The van der Waals surface area contributed by atoms with Crippen LogP contribution in [0.25, 0.3) is 10.9 Å². The standard InChI is InChI=1S/C17H24N4O2.ClH/c1-10(2)7-15(16(19)22)21-17(23)13(18)8-11-9-20-14-6-4-3-5-12(11)14;/h3-6,9-10,13,15,20H,7-8,18H2,1-2H3,(H2,19,22)(H,21,23);1H/t13-,15+;/m1./s1. The van der Waals surface area contributed by atoms with Gasteiger partial charge in [0, 0.05) is 17.1 Å². The molecule has 24 heavy (non-hydrogen) atoms. The number of hydrogen-bond acceptors (Lipinski definition) is 3. The van der Waals surface area contributed by atoms with E-state index in [0.29, 0.717) is 12.8 Å².